The summed E-state index contributed by atoms with van der Waals surface area (Å²) in [6.07, 6.45) is 2.46. The van der Waals surface area contributed by atoms with Crippen molar-refractivity contribution in [2.45, 2.75) is 38.8 Å². The Kier molecular flexibility index (Phi) is 5.21. The van der Waals surface area contributed by atoms with Crippen LogP contribution in [0.2, 0.25) is 0 Å². The normalized spacial score (nSPS) is 18.2. The summed E-state index contributed by atoms with van der Waals surface area (Å²) in [6, 6.07) is 15.3. The average Bonchev–Trinajstić information content (AvgIpc) is 2.99. The SMILES string of the molecule is CC(=CC(C)(C)O)N1N=C(c2ccc(Br)cc2)CC1c1ccccc1O. The number of phenolic OH excluding ortho intramolecular Hbond substituents is 1. The van der Waals surface area contributed by atoms with Crippen molar-refractivity contribution in [3.8, 4) is 5.75 Å². The van der Waals surface area contributed by atoms with Crippen molar-refractivity contribution >= 4 is 21.6 Å². The number of allylic oxidation sites excluding steroid dienone is 1. The van der Waals surface area contributed by atoms with E-state index < -0.39 is 5.60 Å². The second-order valence-electron chi connectivity index (χ2n) is 7.12. The summed E-state index contributed by atoms with van der Waals surface area (Å²) in [6.45, 7) is 5.40. The lowest BCUT2D eigenvalue weighted by atomic mass is 9.97. The molecule has 136 valence electrons. The highest BCUT2D eigenvalue weighted by Crippen LogP contribution is 2.39. The number of benzene rings is 2. The molecule has 0 aromatic heterocycles. The fourth-order valence-corrected chi connectivity index (χ4v) is 3.51. The molecular weight excluding hydrogens is 392 g/mol. The molecule has 5 heteroatoms. The summed E-state index contributed by atoms with van der Waals surface area (Å²) in [7, 11) is 0. The molecule has 0 bridgehead atoms. The van der Waals surface area contributed by atoms with Crippen LogP contribution in [0.3, 0.4) is 0 Å². The van der Waals surface area contributed by atoms with E-state index in [2.05, 4.69) is 15.9 Å². The van der Waals surface area contributed by atoms with Gasteiger partial charge in [0.25, 0.3) is 0 Å². The molecule has 2 aromatic carbocycles. The van der Waals surface area contributed by atoms with Crippen LogP contribution in [-0.4, -0.2) is 26.5 Å². The Morgan fingerprint density at radius 2 is 1.85 bits per heavy atom. The first-order chi connectivity index (χ1) is 12.2. The first-order valence-electron chi connectivity index (χ1n) is 8.57. The number of hydrazone groups is 1. The van der Waals surface area contributed by atoms with Gasteiger partial charge in [-0.05, 0) is 50.6 Å². The van der Waals surface area contributed by atoms with E-state index in [1.165, 1.54) is 0 Å². The number of rotatable bonds is 4. The van der Waals surface area contributed by atoms with E-state index in [1.54, 1.807) is 26.0 Å². The lowest BCUT2D eigenvalue weighted by Crippen LogP contribution is -2.22. The van der Waals surface area contributed by atoms with Gasteiger partial charge in [-0.1, -0.05) is 46.3 Å². The molecule has 0 aliphatic carbocycles. The third-order valence-electron chi connectivity index (χ3n) is 4.31. The average molecular weight is 415 g/mol. The summed E-state index contributed by atoms with van der Waals surface area (Å²) < 4.78 is 1.02. The standard InChI is InChI=1S/C21H23BrN2O2/c1-14(13-21(2,3)26)24-19(17-6-4-5-7-20(17)25)12-18(23-24)15-8-10-16(22)11-9-15/h4-11,13,19,25-26H,12H2,1-3H3. The maximum absolute atomic E-state index is 10.3. The van der Waals surface area contributed by atoms with E-state index in [0.29, 0.717) is 6.42 Å². The molecule has 1 unspecified atom stereocenters. The fourth-order valence-electron chi connectivity index (χ4n) is 3.24. The maximum Gasteiger partial charge on any atom is 0.120 e. The van der Waals surface area contributed by atoms with Gasteiger partial charge in [0.15, 0.2) is 0 Å². The zero-order valence-corrected chi connectivity index (χ0v) is 16.7. The Hall–Kier alpha value is -2.11. The predicted octanol–water partition coefficient (Wildman–Crippen LogP) is 4.98. The van der Waals surface area contributed by atoms with Gasteiger partial charge < -0.3 is 10.2 Å². The third kappa shape index (κ3) is 4.17. The smallest absolute Gasteiger partial charge is 0.120 e. The Morgan fingerprint density at radius 1 is 1.19 bits per heavy atom. The van der Waals surface area contributed by atoms with Crippen molar-refractivity contribution in [2.75, 3.05) is 0 Å². The Morgan fingerprint density at radius 3 is 2.46 bits per heavy atom. The molecule has 0 spiro atoms. The summed E-state index contributed by atoms with van der Waals surface area (Å²) in [4.78, 5) is 0. The fraction of sp³-hybridized carbons (Fsp3) is 0.286. The Balaban J connectivity index is 2.02. The molecule has 3 rings (SSSR count). The summed E-state index contributed by atoms with van der Waals surface area (Å²) in [5, 5.41) is 27.2. The minimum absolute atomic E-state index is 0.117. The molecule has 0 fully saturated rings. The van der Waals surface area contributed by atoms with Crippen LogP contribution >= 0.6 is 15.9 Å². The third-order valence-corrected chi connectivity index (χ3v) is 4.84. The van der Waals surface area contributed by atoms with E-state index in [0.717, 1.165) is 27.0 Å². The monoisotopic (exact) mass is 414 g/mol. The molecule has 2 N–H and O–H groups in total. The molecule has 0 amide bonds. The van der Waals surface area contributed by atoms with Crippen molar-refractivity contribution < 1.29 is 10.2 Å². The van der Waals surface area contributed by atoms with Crippen LogP contribution in [0, 0.1) is 0 Å². The highest BCUT2D eigenvalue weighted by atomic mass is 79.9. The van der Waals surface area contributed by atoms with Gasteiger partial charge in [-0.15, -0.1) is 0 Å². The molecule has 1 aliphatic heterocycles. The van der Waals surface area contributed by atoms with Gasteiger partial charge >= 0.3 is 0 Å². The van der Waals surface area contributed by atoms with Crippen molar-refractivity contribution in [1.29, 1.82) is 0 Å². The highest BCUT2D eigenvalue weighted by Gasteiger charge is 2.32. The van der Waals surface area contributed by atoms with Crippen molar-refractivity contribution in [1.82, 2.24) is 5.01 Å². The van der Waals surface area contributed by atoms with Gasteiger partial charge in [0.1, 0.15) is 5.75 Å². The molecule has 1 aliphatic rings. The zero-order valence-electron chi connectivity index (χ0n) is 15.1. The van der Waals surface area contributed by atoms with Crippen molar-refractivity contribution in [3.05, 3.63) is 75.9 Å². The van der Waals surface area contributed by atoms with E-state index in [1.807, 2.05) is 54.4 Å². The van der Waals surface area contributed by atoms with Crippen LogP contribution < -0.4 is 0 Å². The largest absolute Gasteiger partial charge is 0.508 e. The number of hydrogen-bond donors (Lipinski definition) is 2. The summed E-state index contributed by atoms with van der Waals surface area (Å²) in [5.74, 6) is 0.255. The van der Waals surface area contributed by atoms with Crippen LogP contribution in [-0.2, 0) is 0 Å². The molecular formula is C21H23BrN2O2. The maximum atomic E-state index is 10.3. The Labute approximate surface area is 162 Å². The molecule has 0 saturated carbocycles. The van der Waals surface area contributed by atoms with Crippen LogP contribution in [0.4, 0.5) is 0 Å². The van der Waals surface area contributed by atoms with E-state index >= 15 is 0 Å². The molecule has 0 radical (unpaired) electrons. The lowest BCUT2D eigenvalue weighted by molar-refractivity contribution is 0.128. The number of aromatic hydroxyl groups is 1. The second kappa shape index (κ2) is 7.25. The quantitative estimate of drug-likeness (QED) is 0.741. The predicted molar refractivity (Wildman–Crippen MR) is 108 cm³/mol. The zero-order chi connectivity index (χ0) is 18.9. The number of aliphatic hydroxyl groups is 1. The van der Waals surface area contributed by atoms with Crippen LogP contribution in [0.25, 0.3) is 0 Å². The molecule has 26 heavy (non-hydrogen) atoms. The minimum atomic E-state index is -0.941. The highest BCUT2D eigenvalue weighted by molar-refractivity contribution is 9.10. The number of halogens is 1. The van der Waals surface area contributed by atoms with Crippen LogP contribution in [0.5, 0.6) is 5.75 Å². The molecule has 4 nitrogen and oxygen atoms in total. The minimum Gasteiger partial charge on any atom is -0.508 e. The summed E-state index contributed by atoms with van der Waals surface area (Å²) >= 11 is 3.46. The number of para-hydroxylation sites is 1. The van der Waals surface area contributed by atoms with Gasteiger partial charge in [0, 0.05) is 22.2 Å². The molecule has 0 saturated heterocycles. The van der Waals surface area contributed by atoms with Gasteiger partial charge in [0.2, 0.25) is 0 Å². The van der Waals surface area contributed by atoms with Gasteiger partial charge in [-0.3, -0.25) is 5.01 Å². The van der Waals surface area contributed by atoms with Crippen molar-refractivity contribution in [3.63, 3.8) is 0 Å². The number of nitrogens with zero attached hydrogens (tertiary/aromatic N) is 2. The van der Waals surface area contributed by atoms with E-state index in [9.17, 15) is 10.2 Å². The second-order valence-corrected chi connectivity index (χ2v) is 8.03. The van der Waals surface area contributed by atoms with Crippen LogP contribution in [0.15, 0.2) is 69.9 Å². The first kappa shape index (κ1) is 18.7. The topological polar surface area (TPSA) is 56.1 Å². The number of phenols is 1. The summed E-state index contributed by atoms with van der Waals surface area (Å²) in [5.41, 5.74) is 2.73. The van der Waals surface area contributed by atoms with Crippen molar-refractivity contribution in [2.24, 2.45) is 5.10 Å². The van der Waals surface area contributed by atoms with Gasteiger partial charge in [0.05, 0.1) is 17.4 Å². The van der Waals surface area contributed by atoms with Gasteiger partial charge in [-0.25, -0.2) is 0 Å². The van der Waals surface area contributed by atoms with Crippen LogP contribution in [0.1, 0.15) is 44.4 Å². The van der Waals surface area contributed by atoms with Gasteiger partial charge in [-0.2, -0.15) is 5.10 Å². The molecule has 2 aromatic rings. The molecule has 1 heterocycles. The number of hydrogen-bond acceptors (Lipinski definition) is 4. The first-order valence-corrected chi connectivity index (χ1v) is 9.36. The molecule has 1 atom stereocenters. The Bertz CT molecular complexity index is 851. The van der Waals surface area contributed by atoms with E-state index in [-0.39, 0.29) is 11.8 Å². The van der Waals surface area contributed by atoms with E-state index in [4.69, 9.17) is 5.10 Å². The lowest BCUT2D eigenvalue weighted by Gasteiger charge is -2.26.